The Balaban J connectivity index is 1.41. The van der Waals surface area contributed by atoms with E-state index in [2.05, 4.69) is 39.6 Å². The lowest BCUT2D eigenvalue weighted by Gasteiger charge is -2.11. The number of nitrogens with zero attached hydrogens (tertiary/aromatic N) is 2. The fourth-order valence-electron chi connectivity index (χ4n) is 4.25. The highest BCUT2D eigenvalue weighted by Crippen LogP contribution is 2.35. The van der Waals surface area contributed by atoms with E-state index in [0.717, 1.165) is 44.7 Å². The number of amides is 2. The molecule has 1 saturated heterocycles. The number of carbonyl (C=O) groups excluding carboxylic acids is 3. The molecule has 0 bridgehead atoms. The van der Waals surface area contributed by atoms with Crippen LogP contribution < -0.4 is 0 Å². The lowest BCUT2D eigenvalue weighted by atomic mass is 10.1. The number of benzene rings is 2. The highest BCUT2D eigenvalue weighted by molar-refractivity contribution is 8.18. The van der Waals surface area contributed by atoms with Crippen LogP contribution in [0.2, 0.25) is 0 Å². The molecule has 1 aliphatic heterocycles. The number of ether oxygens (including phenoxy) is 1. The van der Waals surface area contributed by atoms with Gasteiger partial charge in [-0.3, -0.25) is 14.5 Å². The SMILES string of the molecule is COC(=O)c1ccc(CN2C(=O)SC(=Cc3cc(C)n(-c4ccc5ccccc5c4)c3C)C2=O)o1. The molecule has 176 valence electrons. The average Bonchev–Trinajstić information content (AvgIpc) is 3.51. The van der Waals surface area contributed by atoms with Gasteiger partial charge in [0, 0.05) is 17.1 Å². The van der Waals surface area contributed by atoms with E-state index >= 15 is 0 Å². The van der Waals surface area contributed by atoms with Crippen LogP contribution in [-0.4, -0.2) is 33.7 Å². The molecule has 0 N–H and O–H groups in total. The quantitative estimate of drug-likeness (QED) is 0.259. The second-order valence-corrected chi connectivity index (χ2v) is 9.21. The van der Waals surface area contributed by atoms with Gasteiger partial charge in [0.1, 0.15) is 5.76 Å². The molecule has 8 heteroatoms. The Morgan fingerprint density at radius 1 is 1.03 bits per heavy atom. The van der Waals surface area contributed by atoms with E-state index in [9.17, 15) is 14.4 Å². The number of hydrogen-bond donors (Lipinski definition) is 0. The van der Waals surface area contributed by atoms with E-state index in [1.807, 2.05) is 32.0 Å². The molecular weight excluding hydrogens is 464 g/mol. The number of imide groups is 1. The van der Waals surface area contributed by atoms with Gasteiger partial charge in [0.2, 0.25) is 5.76 Å². The lowest BCUT2D eigenvalue weighted by molar-refractivity contribution is -0.123. The Kier molecular flexibility index (Phi) is 5.82. The summed E-state index contributed by atoms with van der Waals surface area (Å²) in [5, 5.41) is 1.93. The zero-order chi connectivity index (χ0) is 24.7. The molecule has 7 nitrogen and oxygen atoms in total. The second-order valence-electron chi connectivity index (χ2n) is 8.22. The highest BCUT2D eigenvalue weighted by Gasteiger charge is 2.36. The van der Waals surface area contributed by atoms with Crippen molar-refractivity contribution in [1.29, 1.82) is 0 Å². The summed E-state index contributed by atoms with van der Waals surface area (Å²) in [5.74, 6) is -0.673. The van der Waals surface area contributed by atoms with Crippen molar-refractivity contribution in [3.63, 3.8) is 0 Å². The molecule has 1 aliphatic rings. The molecule has 2 amide bonds. The van der Waals surface area contributed by atoms with Crippen molar-refractivity contribution in [3.8, 4) is 5.69 Å². The van der Waals surface area contributed by atoms with Crippen LogP contribution in [-0.2, 0) is 16.1 Å². The van der Waals surface area contributed by atoms with E-state index < -0.39 is 11.9 Å². The second kappa shape index (κ2) is 8.96. The Morgan fingerprint density at radius 3 is 2.57 bits per heavy atom. The smallest absolute Gasteiger partial charge is 0.373 e. The summed E-state index contributed by atoms with van der Waals surface area (Å²) in [5.41, 5.74) is 3.89. The molecule has 2 aromatic heterocycles. The minimum absolute atomic E-state index is 0.0196. The van der Waals surface area contributed by atoms with Crippen LogP contribution in [0.5, 0.6) is 0 Å². The molecule has 35 heavy (non-hydrogen) atoms. The lowest BCUT2D eigenvalue weighted by Crippen LogP contribution is -2.27. The summed E-state index contributed by atoms with van der Waals surface area (Å²) in [4.78, 5) is 38.6. The van der Waals surface area contributed by atoms with Gasteiger partial charge in [0.05, 0.1) is 18.6 Å². The van der Waals surface area contributed by atoms with Crippen LogP contribution in [0, 0.1) is 13.8 Å². The summed E-state index contributed by atoms with van der Waals surface area (Å²) in [7, 11) is 1.25. The molecule has 0 saturated carbocycles. The monoisotopic (exact) mass is 486 g/mol. The molecule has 0 aliphatic carbocycles. The summed E-state index contributed by atoms with van der Waals surface area (Å²) in [6, 6.07) is 19.5. The third kappa shape index (κ3) is 4.17. The molecule has 0 atom stereocenters. The summed E-state index contributed by atoms with van der Waals surface area (Å²) < 4.78 is 12.2. The van der Waals surface area contributed by atoms with Crippen molar-refractivity contribution in [2.45, 2.75) is 20.4 Å². The van der Waals surface area contributed by atoms with E-state index in [0.29, 0.717) is 10.7 Å². The van der Waals surface area contributed by atoms with Crippen molar-refractivity contribution in [2.24, 2.45) is 0 Å². The van der Waals surface area contributed by atoms with Crippen molar-refractivity contribution in [1.82, 2.24) is 9.47 Å². The molecule has 4 aromatic rings. The van der Waals surface area contributed by atoms with Gasteiger partial charge >= 0.3 is 5.97 Å². The van der Waals surface area contributed by atoms with Gasteiger partial charge in [-0.25, -0.2) is 4.79 Å². The third-order valence-corrected chi connectivity index (χ3v) is 6.89. The molecule has 0 spiro atoms. The zero-order valence-corrected chi connectivity index (χ0v) is 20.2. The topological polar surface area (TPSA) is 81.8 Å². The van der Waals surface area contributed by atoms with Crippen LogP contribution in [0.25, 0.3) is 22.5 Å². The predicted molar refractivity (Wildman–Crippen MR) is 134 cm³/mol. The third-order valence-electron chi connectivity index (χ3n) is 5.98. The van der Waals surface area contributed by atoms with E-state index in [1.54, 1.807) is 12.1 Å². The van der Waals surface area contributed by atoms with Gasteiger partial charge in [-0.05, 0) is 78.4 Å². The van der Waals surface area contributed by atoms with Crippen molar-refractivity contribution in [2.75, 3.05) is 7.11 Å². The first-order chi connectivity index (χ1) is 16.9. The average molecular weight is 487 g/mol. The van der Waals surface area contributed by atoms with Crippen molar-refractivity contribution < 1.29 is 23.5 Å². The van der Waals surface area contributed by atoms with Crippen LogP contribution in [0.1, 0.15) is 33.3 Å². The normalized spacial score (nSPS) is 14.9. The fraction of sp³-hybridized carbons (Fsp3) is 0.148. The number of thioether (sulfide) groups is 1. The van der Waals surface area contributed by atoms with Gasteiger partial charge in [-0.1, -0.05) is 30.3 Å². The minimum atomic E-state index is -0.618. The molecular formula is C27H22N2O5S. The molecule has 1 fully saturated rings. The Hall–Kier alpha value is -4.04. The Morgan fingerprint density at radius 2 is 1.80 bits per heavy atom. The van der Waals surface area contributed by atoms with E-state index in [1.165, 1.54) is 18.6 Å². The maximum Gasteiger partial charge on any atom is 0.373 e. The Bertz CT molecular complexity index is 1530. The fourth-order valence-corrected chi connectivity index (χ4v) is 5.08. The van der Waals surface area contributed by atoms with Gasteiger partial charge in [0.15, 0.2) is 0 Å². The number of aryl methyl sites for hydroxylation is 1. The zero-order valence-electron chi connectivity index (χ0n) is 19.4. The molecule has 3 heterocycles. The number of rotatable bonds is 5. The number of fused-ring (bicyclic) bond motifs is 1. The number of furan rings is 1. The van der Waals surface area contributed by atoms with Gasteiger partial charge in [0.25, 0.3) is 11.1 Å². The maximum absolute atomic E-state index is 13.0. The first-order valence-electron chi connectivity index (χ1n) is 11.0. The van der Waals surface area contributed by atoms with Crippen molar-refractivity contribution in [3.05, 3.63) is 94.0 Å². The van der Waals surface area contributed by atoms with Gasteiger partial charge in [-0.2, -0.15) is 0 Å². The summed E-state index contributed by atoms with van der Waals surface area (Å²) >= 11 is 0.891. The summed E-state index contributed by atoms with van der Waals surface area (Å²) in [6.07, 6.45) is 1.76. The predicted octanol–water partition coefficient (Wildman–Crippen LogP) is 5.86. The number of methoxy groups -OCH3 is 1. The van der Waals surface area contributed by atoms with Crippen LogP contribution in [0.3, 0.4) is 0 Å². The maximum atomic E-state index is 13.0. The number of carbonyl (C=O) groups is 3. The largest absolute Gasteiger partial charge is 0.463 e. The number of hydrogen-bond acceptors (Lipinski definition) is 6. The van der Waals surface area contributed by atoms with Crippen LogP contribution in [0.4, 0.5) is 4.79 Å². The summed E-state index contributed by atoms with van der Waals surface area (Å²) in [6.45, 7) is 3.95. The molecule has 0 radical (unpaired) electrons. The molecule has 0 unspecified atom stereocenters. The number of aromatic nitrogens is 1. The Labute approximate surface area is 206 Å². The highest BCUT2D eigenvalue weighted by atomic mass is 32.2. The van der Waals surface area contributed by atoms with Crippen LogP contribution in [0.15, 0.2) is 70.0 Å². The standard InChI is InChI=1S/C27H22N2O5S/c1-16-12-20(17(2)29(16)21-9-8-18-6-4-5-7-19(18)13-21)14-24-25(30)28(27(32)35-24)15-22-10-11-23(34-22)26(31)33-3/h4-14H,15H2,1-3H3. The minimum Gasteiger partial charge on any atom is -0.463 e. The first-order valence-corrected chi connectivity index (χ1v) is 11.8. The van der Waals surface area contributed by atoms with Gasteiger partial charge < -0.3 is 13.7 Å². The van der Waals surface area contributed by atoms with Gasteiger partial charge in [-0.15, -0.1) is 0 Å². The van der Waals surface area contributed by atoms with E-state index in [-0.39, 0.29) is 17.5 Å². The first kappa shape index (κ1) is 22.7. The number of esters is 1. The van der Waals surface area contributed by atoms with Crippen LogP contribution >= 0.6 is 11.8 Å². The molecule has 5 rings (SSSR count). The molecule has 2 aromatic carbocycles. The van der Waals surface area contributed by atoms with Crippen molar-refractivity contribution >= 4 is 45.7 Å². The van der Waals surface area contributed by atoms with E-state index in [4.69, 9.17) is 4.42 Å².